The molecule has 1 aliphatic carbocycles. The molecule has 0 aromatic carbocycles. The lowest BCUT2D eigenvalue weighted by Gasteiger charge is -2.08. The molecule has 6 heteroatoms. The Morgan fingerprint density at radius 3 is 2.31 bits per heavy atom. The van der Waals surface area contributed by atoms with Crippen molar-refractivity contribution in [3.63, 3.8) is 0 Å². The molecule has 3 N–H and O–H groups in total. The maximum Gasteiger partial charge on any atom is 0.315 e. The molecule has 1 saturated carbocycles. The average molecular weight is 228 g/mol. The minimum atomic E-state index is -1.15. The molecule has 6 nitrogen and oxygen atoms in total. The summed E-state index contributed by atoms with van der Waals surface area (Å²) >= 11 is 0. The van der Waals surface area contributed by atoms with Crippen LogP contribution in [0.5, 0.6) is 0 Å². The van der Waals surface area contributed by atoms with Crippen LogP contribution in [0.25, 0.3) is 0 Å². The Bertz CT molecular complexity index is 299. The first kappa shape index (κ1) is 12.5. The first-order valence-corrected chi connectivity index (χ1v) is 5.30. The number of aliphatic carboxylic acids is 1. The quantitative estimate of drug-likeness (QED) is 0.416. The van der Waals surface area contributed by atoms with E-state index in [1.807, 2.05) is 0 Å². The van der Waals surface area contributed by atoms with Crippen molar-refractivity contribution in [2.45, 2.75) is 19.8 Å². The predicted molar refractivity (Wildman–Crippen MR) is 55.5 cm³/mol. The summed E-state index contributed by atoms with van der Waals surface area (Å²) in [5.74, 6) is -2.58. The van der Waals surface area contributed by atoms with E-state index in [2.05, 4.69) is 10.6 Å². The highest BCUT2D eigenvalue weighted by Crippen LogP contribution is 2.28. The third-order valence-electron chi connectivity index (χ3n) is 2.44. The van der Waals surface area contributed by atoms with Gasteiger partial charge in [0.15, 0.2) is 0 Å². The summed E-state index contributed by atoms with van der Waals surface area (Å²) in [7, 11) is 0. The second-order valence-corrected chi connectivity index (χ2v) is 3.92. The van der Waals surface area contributed by atoms with Crippen LogP contribution in [-0.2, 0) is 14.4 Å². The summed E-state index contributed by atoms with van der Waals surface area (Å²) in [5, 5.41) is 13.7. The average Bonchev–Trinajstić information content (AvgIpc) is 3.05. The van der Waals surface area contributed by atoms with E-state index in [9.17, 15) is 14.4 Å². The van der Waals surface area contributed by atoms with Crippen molar-refractivity contribution in [3.8, 4) is 0 Å². The normalized spacial score (nSPS) is 16.3. The zero-order valence-electron chi connectivity index (χ0n) is 9.16. The fourth-order valence-electron chi connectivity index (χ4n) is 1.13. The van der Waals surface area contributed by atoms with Gasteiger partial charge in [-0.05, 0) is 19.8 Å². The zero-order valence-corrected chi connectivity index (χ0v) is 9.16. The van der Waals surface area contributed by atoms with Gasteiger partial charge in [0.05, 0.1) is 0 Å². The highest BCUT2D eigenvalue weighted by molar-refractivity contribution is 5.96. The van der Waals surface area contributed by atoms with Gasteiger partial charge in [0, 0.05) is 19.0 Å². The monoisotopic (exact) mass is 228 g/mol. The number of hydrogen-bond donors (Lipinski definition) is 3. The zero-order chi connectivity index (χ0) is 12.1. The predicted octanol–water partition coefficient (Wildman–Crippen LogP) is -0.651. The number of amides is 2. The van der Waals surface area contributed by atoms with Crippen molar-refractivity contribution in [1.82, 2.24) is 10.6 Å². The molecule has 0 heterocycles. The van der Waals surface area contributed by atoms with E-state index in [1.165, 1.54) is 6.92 Å². The Hall–Kier alpha value is -1.59. The fourth-order valence-corrected chi connectivity index (χ4v) is 1.13. The lowest BCUT2D eigenvalue weighted by atomic mass is 10.2. The van der Waals surface area contributed by atoms with Crippen molar-refractivity contribution in [1.29, 1.82) is 0 Å². The topological polar surface area (TPSA) is 95.5 Å². The second-order valence-electron chi connectivity index (χ2n) is 3.92. The molecule has 0 saturated heterocycles. The Labute approximate surface area is 93.4 Å². The molecule has 0 bridgehead atoms. The van der Waals surface area contributed by atoms with Gasteiger partial charge in [-0.15, -0.1) is 0 Å². The molecule has 16 heavy (non-hydrogen) atoms. The smallest absolute Gasteiger partial charge is 0.315 e. The van der Waals surface area contributed by atoms with Gasteiger partial charge < -0.3 is 15.7 Å². The van der Waals surface area contributed by atoms with Crippen molar-refractivity contribution >= 4 is 17.8 Å². The number of carbonyl (C=O) groups excluding carboxylic acids is 2. The van der Waals surface area contributed by atoms with Crippen molar-refractivity contribution < 1.29 is 19.5 Å². The van der Waals surface area contributed by atoms with Crippen molar-refractivity contribution in [2.75, 3.05) is 13.1 Å². The van der Waals surface area contributed by atoms with Crippen LogP contribution in [-0.4, -0.2) is 36.0 Å². The summed E-state index contributed by atoms with van der Waals surface area (Å²) in [4.78, 5) is 32.8. The second kappa shape index (κ2) is 5.48. The van der Waals surface area contributed by atoms with Crippen LogP contribution in [0.4, 0.5) is 0 Å². The summed E-state index contributed by atoms with van der Waals surface area (Å²) in [6.45, 7) is 1.92. The number of carboxylic acids is 1. The van der Waals surface area contributed by atoms with E-state index in [-0.39, 0.29) is 18.4 Å². The first-order chi connectivity index (χ1) is 7.52. The molecule has 0 aromatic rings. The highest BCUT2D eigenvalue weighted by atomic mass is 16.4. The Morgan fingerprint density at radius 2 is 1.81 bits per heavy atom. The van der Waals surface area contributed by atoms with Crippen molar-refractivity contribution in [3.05, 3.63) is 0 Å². The minimum Gasteiger partial charge on any atom is -0.481 e. The van der Waals surface area contributed by atoms with Gasteiger partial charge in [0.1, 0.15) is 5.92 Å². The van der Waals surface area contributed by atoms with Gasteiger partial charge in [-0.3, -0.25) is 14.4 Å². The van der Waals surface area contributed by atoms with Crippen LogP contribution in [0.2, 0.25) is 0 Å². The summed E-state index contributed by atoms with van der Waals surface area (Å²) in [5.41, 5.74) is 0. The minimum absolute atomic E-state index is 0.0144. The van der Waals surface area contributed by atoms with Gasteiger partial charge in [0.25, 0.3) is 0 Å². The standard InChI is InChI=1S/C10H16N2O4/c1-6(10(15)16)8(13)11-4-5-12-9(14)7-2-3-7/h6-7H,2-5H2,1H3,(H,11,13)(H,12,14)(H,15,16). The van der Waals surface area contributed by atoms with Gasteiger partial charge in [0.2, 0.25) is 11.8 Å². The molecule has 90 valence electrons. The van der Waals surface area contributed by atoms with Crippen LogP contribution in [0.15, 0.2) is 0 Å². The largest absolute Gasteiger partial charge is 0.481 e. The number of hydrogen-bond acceptors (Lipinski definition) is 3. The molecule has 0 spiro atoms. The van der Waals surface area contributed by atoms with Crippen LogP contribution >= 0.6 is 0 Å². The third-order valence-corrected chi connectivity index (χ3v) is 2.44. The molecule has 0 radical (unpaired) electrons. The van der Waals surface area contributed by atoms with Gasteiger partial charge in [-0.25, -0.2) is 0 Å². The molecule has 1 atom stereocenters. The summed E-state index contributed by atoms with van der Waals surface area (Å²) < 4.78 is 0. The van der Waals surface area contributed by atoms with E-state index in [0.29, 0.717) is 6.54 Å². The van der Waals surface area contributed by atoms with Crippen molar-refractivity contribution in [2.24, 2.45) is 11.8 Å². The molecular formula is C10H16N2O4. The molecule has 1 aliphatic rings. The maximum atomic E-state index is 11.2. The van der Waals surface area contributed by atoms with Gasteiger partial charge in [-0.2, -0.15) is 0 Å². The van der Waals surface area contributed by atoms with Gasteiger partial charge >= 0.3 is 5.97 Å². The first-order valence-electron chi connectivity index (χ1n) is 5.30. The highest BCUT2D eigenvalue weighted by Gasteiger charge is 2.29. The Kier molecular flexibility index (Phi) is 4.28. The SMILES string of the molecule is CC(C(=O)O)C(=O)NCCNC(=O)C1CC1. The number of carboxylic acid groups (broad SMARTS) is 1. The number of nitrogens with one attached hydrogen (secondary N) is 2. The molecule has 1 rings (SSSR count). The number of carbonyl (C=O) groups is 3. The molecule has 1 unspecified atom stereocenters. The fraction of sp³-hybridized carbons (Fsp3) is 0.700. The van der Waals surface area contributed by atoms with E-state index >= 15 is 0 Å². The maximum absolute atomic E-state index is 11.2. The lowest BCUT2D eigenvalue weighted by Crippen LogP contribution is -2.39. The molecule has 1 fully saturated rings. The Morgan fingerprint density at radius 1 is 1.25 bits per heavy atom. The van der Waals surface area contributed by atoms with Crippen LogP contribution < -0.4 is 10.6 Å². The lowest BCUT2D eigenvalue weighted by molar-refractivity contribution is -0.146. The number of rotatable bonds is 6. The van der Waals surface area contributed by atoms with Crippen LogP contribution in [0.1, 0.15) is 19.8 Å². The van der Waals surface area contributed by atoms with Crippen LogP contribution in [0, 0.1) is 11.8 Å². The molecular weight excluding hydrogens is 212 g/mol. The summed E-state index contributed by atoms with van der Waals surface area (Å²) in [6.07, 6.45) is 1.88. The molecule has 0 aromatic heterocycles. The molecule has 0 aliphatic heterocycles. The Balaban J connectivity index is 2.08. The van der Waals surface area contributed by atoms with E-state index in [1.54, 1.807) is 0 Å². The third kappa shape index (κ3) is 3.88. The van der Waals surface area contributed by atoms with E-state index in [0.717, 1.165) is 12.8 Å². The van der Waals surface area contributed by atoms with E-state index in [4.69, 9.17) is 5.11 Å². The van der Waals surface area contributed by atoms with Gasteiger partial charge in [-0.1, -0.05) is 0 Å². The van der Waals surface area contributed by atoms with E-state index < -0.39 is 17.8 Å². The summed E-state index contributed by atoms with van der Waals surface area (Å²) in [6, 6.07) is 0. The van der Waals surface area contributed by atoms with Crippen LogP contribution in [0.3, 0.4) is 0 Å². The molecule has 2 amide bonds.